The summed E-state index contributed by atoms with van der Waals surface area (Å²) < 4.78 is 37.1. The summed E-state index contributed by atoms with van der Waals surface area (Å²) in [5.74, 6) is -2.79. The van der Waals surface area contributed by atoms with Gasteiger partial charge in [-0.15, -0.1) is 0 Å². The Morgan fingerprint density at radius 2 is 2.00 bits per heavy atom. The number of primary amides is 1. The number of anilines is 1. The average Bonchev–Trinajstić information content (AvgIpc) is 2.90. The highest BCUT2D eigenvalue weighted by molar-refractivity contribution is 7.92. The second-order valence-electron chi connectivity index (χ2n) is 5.30. The molecule has 1 heterocycles. The first-order chi connectivity index (χ1) is 13.0. The molecule has 0 radical (unpaired) electrons. The fourth-order valence-corrected chi connectivity index (χ4v) is 3.49. The summed E-state index contributed by atoms with van der Waals surface area (Å²) in [7, 11) is -4.45. The molecule has 0 aliphatic heterocycles. The molecule has 2 aromatic rings. The standard InChI is InChI=1S/C15H14ClN3O8S/c1-3-26-15(21)11-7(2)27-14(12(11)13(17)20)18-28(24,25)8-4-5-9(16)10(6-8)19(22)23/h4-6,18H,3H2,1-2H3,(H2,17,20). The Kier molecular flexibility index (Phi) is 5.95. The summed E-state index contributed by atoms with van der Waals surface area (Å²) in [4.78, 5) is 33.4. The van der Waals surface area contributed by atoms with Crippen molar-refractivity contribution in [2.45, 2.75) is 18.7 Å². The van der Waals surface area contributed by atoms with Crippen LogP contribution >= 0.6 is 11.6 Å². The largest absolute Gasteiger partial charge is 0.462 e. The Hall–Kier alpha value is -3.12. The van der Waals surface area contributed by atoms with Gasteiger partial charge in [0.05, 0.1) is 16.4 Å². The Bertz CT molecular complexity index is 1080. The topological polar surface area (TPSA) is 172 Å². The number of hydrogen-bond acceptors (Lipinski definition) is 8. The number of nitro groups is 1. The number of furan rings is 1. The molecule has 0 unspecified atom stereocenters. The van der Waals surface area contributed by atoms with E-state index in [1.807, 2.05) is 4.72 Å². The van der Waals surface area contributed by atoms with E-state index in [-0.39, 0.29) is 23.0 Å². The molecule has 1 aromatic carbocycles. The van der Waals surface area contributed by atoms with Crippen LogP contribution in [0.1, 0.15) is 33.4 Å². The molecule has 0 aliphatic rings. The number of carbonyl (C=O) groups excluding carboxylic acids is 2. The Labute approximate surface area is 163 Å². The maximum Gasteiger partial charge on any atom is 0.342 e. The number of halogens is 1. The summed E-state index contributed by atoms with van der Waals surface area (Å²) in [6.45, 7) is 2.84. The average molecular weight is 432 g/mol. The van der Waals surface area contributed by atoms with Gasteiger partial charge in [-0.05, 0) is 26.0 Å². The van der Waals surface area contributed by atoms with Crippen LogP contribution in [-0.4, -0.2) is 31.8 Å². The zero-order chi connectivity index (χ0) is 21.2. The van der Waals surface area contributed by atoms with E-state index in [1.54, 1.807) is 0 Å². The van der Waals surface area contributed by atoms with E-state index in [4.69, 9.17) is 26.5 Å². The second kappa shape index (κ2) is 7.86. The van der Waals surface area contributed by atoms with E-state index in [0.29, 0.717) is 0 Å². The maximum atomic E-state index is 12.6. The van der Waals surface area contributed by atoms with Crippen LogP contribution in [-0.2, 0) is 14.8 Å². The monoisotopic (exact) mass is 431 g/mol. The number of amides is 1. The molecule has 1 aromatic heterocycles. The Morgan fingerprint density at radius 3 is 2.54 bits per heavy atom. The smallest absolute Gasteiger partial charge is 0.342 e. The number of ether oxygens (including phenoxy) is 1. The quantitative estimate of drug-likeness (QED) is 0.381. The zero-order valence-corrected chi connectivity index (χ0v) is 16.1. The minimum absolute atomic E-state index is 0.00282. The number of benzene rings is 1. The molecule has 0 atom stereocenters. The van der Waals surface area contributed by atoms with E-state index in [1.165, 1.54) is 13.8 Å². The van der Waals surface area contributed by atoms with E-state index < -0.39 is 48.9 Å². The molecule has 0 saturated carbocycles. The van der Waals surface area contributed by atoms with E-state index in [2.05, 4.69) is 0 Å². The van der Waals surface area contributed by atoms with Crippen LogP contribution in [0.5, 0.6) is 0 Å². The lowest BCUT2D eigenvalue weighted by molar-refractivity contribution is -0.384. The molecule has 13 heteroatoms. The number of nitrogens with one attached hydrogen (secondary N) is 1. The van der Waals surface area contributed by atoms with Crippen molar-refractivity contribution in [3.05, 3.63) is 50.2 Å². The number of nitro benzene ring substituents is 1. The van der Waals surface area contributed by atoms with Crippen molar-refractivity contribution in [2.24, 2.45) is 5.73 Å². The van der Waals surface area contributed by atoms with Crippen molar-refractivity contribution >= 4 is 45.1 Å². The van der Waals surface area contributed by atoms with Gasteiger partial charge >= 0.3 is 5.97 Å². The van der Waals surface area contributed by atoms with Gasteiger partial charge in [0.2, 0.25) is 5.88 Å². The molecular formula is C15H14ClN3O8S. The van der Waals surface area contributed by atoms with Crippen molar-refractivity contribution in [1.29, 1.82) is 0 Å². The molecular weight excluding hydrogens is 418 g/mol. The maximum absolute atomic E-state index is 12.6. The molecule has 3 N–H and O–H groups in total. The fourth-order valence-electron chi connectivity index (χ4n) is 2.28. The van der Waals surface area contributed by atoms with Gasteiger partial charge in [-0.25, -0.2) is 17.9 Å². The molecule has 2 rings (SSSR count). The van der Waals surface area contributed by atoms with Gasteiger partial charge in [0.15, 0.2) is 0 Å². The number of rotatable bonds is 7. The molecule has 1 amide bonds. The van der Waals surface area contributed by atoms with Crippen molar-refractivity contribution in [1.82, 2.24) is 0 Å². The normalized spacial score (nSPS) is 11.1. The molecule has 150 valence electrons. The highest BCUT2D eigenvalue weighted by atomic mass is 35.5. The van der Waals surface area contributed by atoms with Gasteiger partial charge in [-0.2, -0.15) is 0 Å². The van der Waals surface area contributed by atoms with E-state index in [9.17, 15) is 28.1 Å². The minimum atomic E-state index is -4.45. The van der Waals surface area contributed by atoms with Gasteiger partial charge in [0, 0.05) is 6.07 Å². The fraction of sp³-hybridized carbons (Fsp3) is 0.200. The Morgan fingerprint density at radius 1 is 1.36 bits per heavy atom. The lowest BCUT2D eigenvalue weighted by atomic mass is 10.1. The first-order valence-electron chi connectivity index (χ1n) is 7.56. The predicted octanol–water partition coefficient (Wildman–Crippen LogP) is 2.23. The van der Waals surface area contributed by atoms with Gasteiger partial charge < -0.3 is 14.9 Å². The Balaban J connectivity index is 2.54. The van der Waals surface area contributed by atoms with E-state index in [0.717, 1.165) is 18.2 Å². The number of carbonyl (C=O) groups is 2. The van der Waals surface area contributed by atoms with Crippen LogP contribution < -0.4 is 10.5 Å². The summed E-state index contributed by atoms with van der Waals surface area (Å²) in [6.07, 6.45) is 0. The van der Waals surface area contributed by atoms with Crippen LogP contribution in [0.4, 0.5) is 11.6 Å². The summed E-state index contributed by atoms with van der Waals surface area (Å²) in [5, 5.41) is 10.7. The number of hydrogen-bond donors (Lipinski definition) is 2. The summed E-state index contributed by atoms with van der Waals surface area (Å²) >= 11 is 5.67. The summed E-state index contributed by atoms with van der Waals surface area (Å²) in [6, 6.07) is 2.78. The predicted molar refractivity (Wildman–Crippen MR) is 96.8 cm³/mol. The highest BCUT2D eigenvalue weighted by Crippen LogP contribution is 2.31. The highest BCUT2D eigenvalue weighted by Gasteiger charge is 2.31. The lowest BCUT2D eigenvalue weighted by Gasteiger charge is -2.07. The van der Waals surface area contributed by atoms with Crippen LogP contribution in [0.2, 0.25) is 5.02 Å². The van der Waals surface area contributed by atoms with Gasteiger partial charge in [-0.3, -0.25) is 14.9 Å². The van der Waals surface area contributed by atoms with Crippen LogP contribution in [0.3, 0.4) is 0 Å². The van der Waals surface area contributed by atoms with Gasteiger partial charge in [-0.1, -0.05) is 11.6 Å². The molecule has 11 nitrogen and oxygen atoms in total. The van der Waals surface area contributed by atoms with Crippen molar-refractivity contribution in [2.75, 3.05) is 11.3 Å². The number of esters is 1. The van der Waals surface area contributed by atoms with Gasteiger partial charge in [0.25, 0.3) is 21.6 Å². The van der Waals surface area contributed by atoms with Crippen molar-refractivity contribution in [3.63, 3.8) is 0 Å². The zero-order valence-electron chi connectivity index (χ0n) is 14.5. The number of nitrogens with zero attached hydrogens (tertiary/aromatic N) is 1. The SMILES string of the molecule is CCOC(=O)c1c(C)oc(NS(=O)(=O)c2ccc(Cl)c([N+](=O)[O-])c2)c1C(N)=O. The third kappa shape index (κ3) is 4.07. The third-order valence-electron chi connectivity index (χ3n) is 3.46. The van der Waals surface area contributed by atoms with Crippen LogP contribution in [0.25, 0.3) is 0 Å². The molecule has 0 bridgehead atoms. The molecule has 0 spiro atoms. The first-order valence-corrected chi connectivity index (χ1v) is 9.42. The van der Waals surface area contributed by atoms with E-state index >= 15 is 0 Å². The third-order valence-corrected chi connectivity index (χ3v) is 5.11. The summed E-state index contributed by atoms with van der Waals surface area (Å²) in [5.41, 5.74) is 3.77. The number of sulfonamides is 1. The lowest BCUT2D eigenvalue weighted by Crippen LogP contribution is -2.20. The second-order valence-corrected chi connectivity index (χ2v) is 7.39. The van der Waals surface area contributed by atoms with Crippen LogP contribution in [0.15, 0.2) is 27.5 Å². The molecule has 28 heavy (non-hydrogen) atoms. The van der Waals surface area contributed by atoms with Crippen LogP contribution in [0, 0.1) is 17.0 Å². The number of aryl methyl sites for hydroxylation is 1. The van der Waals surface area contributed by atoms with Crippen molar-refractivity contribution in [3.8, 4) is 0 Å². The minimum Gasteiger partial charge on any atom is -0.462 e. The molecule has 0 aliphatic carbocycles. The first kappa shape index (κ1) is 21.2. The van der Waals surface area contributed by atoms with Gasteiger partial charge in [0.1, 0.15) is 21.9 Å². The van der Waals surface area contributed by atoms with Crippen molar-refractivity contribution < 1.29 is 32.1 Å². The number of nitrogens with two attached hydrogens (primary N) is 1. The molecule has 0 saturated heterocycles. The molecule has 0 fully saturated rings.